The third-order valence-corrected chi connectivity index (χ3v) is 2.51. The Balaban J connectivity index is 2.47. The molecule has 1 aromatic rings. The Labute approximate surface area is 96.5 Å². The van der Waals surface area contributed by atoms with Gasteiger partial charge in [-0.3, -0.25) is 0 Å². The molecule has 1 atom stereocenters. The smallest absolute Gasteiger partial charge is 0.127 e. The van der Waals surface area contributed by atoms with Crippen LogP contribution < -0.4 is 10.4 Å². The van der Waals surface area contributed by atoms with E-state index in [4.69, 9.17) is 0 Å². The van der Waals surface area contributed by atoms with Crippen molar-refractivity contribution in [2.45, 2.75) is 32.9 Å². The first-order valence-corrected chi connectivity index (χ1v) is 5.67. The third kappa shape index (κ3) is 4.45. The first-order chi connectivity index (χ1) is 7.59. The normalized spacial score (nSPS) is 12.7. The van der Waals surface area contributed by atoms with E-state index >= 15 is 0 Å². The van der Waals surface area contributed by atoms with Crippen molar-refractivity contribution in [3.63, 3.8) is 0 Å². The minimum absolute atomic E-state index is 0.370. The Morgan fingerprint density at radius 2 is 1.94 bits per heavy atom. The van der Waals surface area contributed by atoms with Crippen LogP contribution in [0.1, 0.15) is 25.8 Å². The van der Waals surface area contributed by atoms with Crippen LogP contribution in [0.25, 0.3) is 0 Å². The largest absolute Gasteiger partial charge is 0.544 e. The Bertz CT molecular complexity index is 322. The summed E-state index contributed by atoms with van der Waals surface area (Å²) in [5.74, 6) is -0.598. The Hall–Kier alpha value is -1.35. The topological polar surface area (TPSA) is 56.7 Å². The van der Waals surface area contributed by atoms with E-state index < -0.39 is 12.0 Å². The van der Waals surface area contributed by atoms with Crippen molar-refractivity contribution in [2.24, 2.45) is 5.92 Å². The highest BCUT2D eigenvalue weighted by atomic mass is 16.4. The highest BCUT2D eigenvalue weighted by molar-refractivity contribution is 5.69. The number of hydrogen-bond acceptors (Lipinski definition) is 2. The molecular weight excluding hydrogens is 202 g/mol. The lowest BCUT2D eigenvalue weighted by Gasteiger charge is -2.18. The minimum Gasteiger partial charge on any atom is -0.544 e. The maximum atomic E-state index is 10.9. The van der Waals surface area contributed by atoms with Crippen molar-refractivity contribution in [3.05, 3.63) is 35.9 Å². The van der Waals surface area contributed by atoms with E-state index in [0.29, 0.717) is 18.9 Å². The van der Waals surface area contributed by atoms with Crippen LogP contribution in [0.3, 0.4) is 0 Å². The molecule has 1 aromatic carbocycles. The summed E-state index contributed by atoms with van der Waals surface area (Å²) in [4.78, 5) is 10.9. The molecule has 0 unspecified atom stereocenters. The summed E-state index contributed by atoms with van der Waals surface area (Å²) in [6.45, 7) is 4.73. The molecule has 0 aliphatic heterocycles. The van der Waals surface area contributed by atoms with Crippen LogP contribution in [-0.2, 0) is 11.3 Å². The number of benzene rings is 1. The number of nitrogens with two attached hydrogens (primary N) is 1. The molecule has 1 rings (SSSR count). The molecule has 0 bridgehead atoms. The zero-order valence-corrected chi connectivity index (χ0v) is 9.85. The fourth-order valence-electron chi connectivity index (χ4n) is 1.69. The minimum atomic E-state index is -0.968. The lowest BCUT2D eigenvalue weighted by atomic mass is 10.0. The molecule has 3 nitrogen and oxygen atoms in total. The number of aliphatic carboxylic acids is 1. The summed E-state index contributed by atoms with van der Waals surface area (Å²) in [6.07, 6.45) is 0.648. The average molecular weight is 221 g/mol. The summed E-state index contributed by atoms with van der Waals surface area (Å²) in [7, 11) is 0. The lowest BCUT2D eigenvalue weighted by molar-refractivity contribution is -0.699. The zero-order chi connectivity index (χ0) is 12.0. The Kier molecular flexibility index (Phi) is 4.99. The van der Waals surface area contributed by atoms with Crippen molar-refractivity contribution < 1.29 is 15.2 Å². The lowest BCUT2D eigenvalue weighted by Crippen LogP contribution is -2.91. The fourth-order valence-corrected chi connectivity index (χ4v) is 1.69. The van der Waals surface area contributed by atoms with Crippen molar-refractivity contribution >= 4 is 5.97 Å². The van der Waals surface area contributed by atoms with Gasteiger partial charge in [0.15, 0.2) is 0 Å². The number of hydrogen-bond donors (Lipinski definition) is 1. The molecule has 0 aliphatic rings. The van der Waals surface area contributed by atoms with Gasteiger partial charge in [-0.25, -0.2) is 0 Å². The summed E-state index contributed by atoms with van der Waals surface area (Å²) in [6, 6.07) is 9.42. The van der Waals surface area contributed by atoms with E-state index in [2.05, 4.69) is 0 Å². The molecule has 0 amide bonds. The summed E-state index contributed by atoms with van der Waals surface area (Å²) in [5, 5.41) is 12.8. The predicted molar refractivity (Wildman–Crippen MR) is 60.3 cm³/mol. The van der Waals surface area contributed by atoms with E-state index in [1.54, 1.807) is 0 Å². The molecule has 0 fully saturated rings. The van der Waals surface area contributed by atoms with Gasteiger partial charge in [-0.15, -0.1) is 0 Å². The molecule has 0 aliphatic carbocycles. The maximum absolute atomic E-state index is 10.9. The van der Waals surface area contributed by atoms with Gasteiger partial charge in [0.2, 0.25) is 0 Å². The van der Waals surface area contributed by atoms with Crippen LogP contribution in [0.5, 0.6) is 0 Å². The van der Waals surface area contributed by atoms with Gasteiger partial charge < -0.3 is 15.2 Å². The van der Waals surface area contributed by atoms with Gasteiger partial charge in [-0.2, -0.15) is 0 Å². The molecule has 0 radical (unpaired) electrons. The Morgan fingerprint density at radius 3 is 2.44 bits per heavy atom. The van der Waals surface area contributed by atoms with Gasteiger partial charge in [0.1, 0.15) is 12.6 Å². The SMILES string of the molecule is CC(C)C[C@H]([NH2+]Cc1ccccc1)C(=O)[O-]. The third-order valence-electron chi connectivity index (χ3n) is 2.51. The van der Waals surface area contributed by atoms with Gasteiger partial charge in [0, 0.05) is 12.0 Å². The average Bonchev–Trinajstić information content (AvgIpc) is 2.25. The number of rotatable bonds is 6. The molecule has 2 N–H and O–H groups in total. The zero-order valence-electron chi connectivity index (χ0n) is 9.85. The van der Waals surface area contributed by atoms with Gasteiger partial charge in [0.05, 0.1) is 5.97 Å². The molecule has 88 valence electrons. The summed E-state index contributed by atoms with van der Waals surface area (Å²) >= 11 is 0. The van der Waals surface area contributed by atoms with Gasteiger partial charge in [0.25, 0.3) is 0 Å². The predicted octanol–water partition coefficient (Wildman–Crippen LogP) is -0.0854. The molecule has 0 saturated carbocycles. The van der Waals surface area contributed by atoms with Crippen molar-refractivity contribution in [1.82, 2.24) is 0 Å². The van der Waals surface area contributed by atoms with Crippen LogP contribution in [0.15, 0.2) is 30.3 Å². The molecule has 3 heteroatoms. The van der Waals surface area contributed by atoms with E-state index in [1.165, 1.54) is 0 Å². The van der Waals surface area contributed by atoms with Gasteiger partial charge in [-0.05, 0) is 5.92 Å². The first kappa shape index (κ1) is 12.7. The maximum Gasteiger partial charge on any atom is 0.127 e. The van der Waals surface area contributed by atoms with Crippen LogP contribution in [0.4, 0.5) is 0 Å². The number of carbonyl (C=O) groups is 1. The molecule has 0 saturated heterocycles. The number of quaternary nitrogens is 1. The standard InChI is InChI=1S/C13H19NO2/c1-10(2)8-12(13(15)16)14-9-11-6-4-3-5-7-11/h3-7,10,12,14H,8-9H2,1-2H3,(H,15,16)/t12-/m0/s1. The van der Waals surface area contributed by atoms with Crippen molar-refractivity contribution in [1.29, 1.82) is 0 Å². The second-order valence-electron chi connectivity index (χ2n) is 4.48. The highest BCUT2D eigenvalue weighted by Crippen LogP contribution is 2.01. The summed E-state index contributed by atoms with van der Waals surface area (Å²) in [5.41, 5.74) is 1.14. The second kappa shape index (κ2) is 6.28. The van der Waals surface area contributed by atoms with Crippen LogP contribution in [-0.4, -0.2) is 12.0 Å². The Morgan fingerprint density at radius 1 is 1.31 bits per heavy atom. The van der Waals surface area contributed by atoms with E-state index in [1.807, 2.05) is 49.5 Å². The summed E-state index contributed by atoms with van der Waals surface area (Å²) < 4.78 is 0. The van der Waals surface area contributed by atoms with Gasteiger partial charge in [-0.1, -0.05) is 44.2 Å². The first-order valence-electron chi connectivity index (χ1n) is 5.67. The number of carboxylic acids is 1. The molecule has 16 heavy (non-hydrogen) atoms. The van der Waals surface area contributed by atoms with E-state index in [9.17, 15) is 9.90 Å². The number of carbonyl (C=O) groups excluding carboxylic acids is 1. The fraction of sp³-hybridized carbons (Fsp3) is 0.462. The van der Waals surface area contributed by atoms with E-state index in [-0.39, 0.29) is 0 Å². The monoisotopic (exact) mass is 221 g/mol. The van der Waals surface area contributed by atoms with E-state index in [0.717, 1.165) is 5.56 Å². The quantitative estimate of drug-likeness (QED) is 0.730. The molecular formula is C13H19NO2. The van der Waals surface area contributed by atoms with Crippen LogP contribution in [0, 0.1) is 5.92 Å². The van der Waals surface area contributed by atoms with Crippen molar-refractivity contribution in [3.8, 4) is 0 Å². The molecule has 0 heterocycles. The second-order valence-corrected chi connectivity index (χ2v) is 4.48. The van der Waals surface area contributed by atoms with Crippen LogP contribution >= 0.6 is 0 Å². The van der Waals surface area contributed by atoms with Crippen molar-refractivity contribution in [2.75, 3.05) is 0 Å². The van der Waals surface area contributed by atoms with Crippen LogP contribution in [0.2, 0.25) is 0 Å². The molecule has 0 spiro atoms. The molecule has 0 aromatic heterocycles. The highest BCUT2D eigenvalue weighted by Gasteiger charge is 2.14. The van der Waals surface area contributed by atoms with Gasteiger partial charge >= 0.3 is 0 Å². The number of carboxylic acid groups (broad SMARTS) is 1.